The number of nitrogens with zero attached hydrogens (tertiary/aromatic N) is 2. The second-order valence-corrected chi connectivity index (χ2v) is 8.05. The normalized spacial score (nSPS) is 18.8. The fourth-order valence-corrected chi connectivity index (χ4v) is 4.93. The van der Waals surface area contributed by atoms with Crippen LogP contribution in [0.2, 0.25) is 10.0 Å². The number of allylic oxidation sites excluding steroid dienone is 2. The number of hydrogen-bond donors (Lipinski definition) is 0. The Kier molecular flexibility index (Phi) is 4.81. The minimum Gasteiger partial charge on any atom is -0.361 e. The summed E-state index contributed by atoms with van der Waals surface area (Å²) in [6.45, 7) is 0. The minimum absolute atomic E-state index is 0.130. The zero-order valence-electron chi connectivity index (χ0n) is 14.0. The monoisotopic (exact) mass is 398 g/mol. The van der Waals surface area contributed by atoms with Crippen LogP contribution < -0.4 is 0 Å². The van der Waals surface area contributed by atoms with Gasteiger partial charge in [0.2, 0.25) is 0 Å². The van der Waals surface area contributed by atoms with Gasteiger partial charge in [0.25, 0.3) is 0 Å². The third-order valence-electron chi connectivity index (χ3n) is 5.23. The largest absolute Gasteiger partial charge is 0.361 e. The highest BCUT2D eigenvalue weighted by atomic mass is 35.5. The molecule has 0 spiro atoms. The first-order chi connectivity index (χ1) is 12.6. The predicted molar refractivity (Wildman–Crippen MR) is 111 cm³/mol. The van der Waals surface area contributed by atoms with Gasteiger partial charge in [0.05, 0.1) is 11.5 Å². The van der Waals surface area contributed by atoms with E-state index in [9.17, 15) is 5.53 Å². The van der Waals surface area contributed by atoms with Crippen LogP contribution in [0.15, 0.2) is 48.0 Å². The van der Waals surface area contributed by atoms with E-state index in [1.165, 1.54) is 11.1 Å². The molecular weight excluding hydrogens is 383 g/mol. The molecular formula is C21H16Cl2N2S. The van der Waals surface area contributed by atoms with Crippen molar-refractivity contribution in [2.24, 2.45) is 5.92 Å². The van der Waals surface area contributed by atoms with Gasteiger partial charge in [-0.3, -0.25) is 0 Å². The summed E-state index contributed by atoms with van der Waals surface area (Å²) in [5.41, 5.74) is 16.2. The van der Waals surface area contributed by atoms with Crippen LogP contribution in [-0.2, 0) is 6.42 Å². The van der Waals surface area contributed by atoms with E-state index in [1.807, 2.05) is 18.2 Å². The summed E-state index contributed by atoms with van der Waals surface area (Å²) in [5, 5.41) is 1.10. The topological polar surface area (TPSA) is 36.4 Å². The molecule has 0 saturated carbocycles. The fraction of sp³-hybridized carbons (Fsp3) is 0.238. The summed E-state index contributed by atoms with van der Waals surface area (Å²) in [7, 11) is 0. The summed E-state index contributed by atoms with van der Waals surface area (Å²) in [6, 6.07) is 13.7. The second kappa shape index (κ2) is 7.09. The van der Waals surface area contributed by atoms with E-state index in [0.29, 0.717) is 15.8 Å². The third kappa shape index (κ3) is 3.06. The summed E-state index contributed by atoms with van der Waals surface area (Å²) >= 11 is 18.1. The van der Waals surface area contributed by atoms with Gasteiger partial charge in [-0.1, -0.05) is 65.3 Å². The summed E-state index contributed by atoms with van der Waals surface area (Å²) in [4.78, 5) is 4.43. The van der Waals surface area contributed by atoms with Crippen molar-refractivity contribution in [1.29, 1.82) is 0 Å². The number of benzene rings is 2. The zero-order valence-corrected chi connectivity index (χ0v) is 16.3. The Morgan fingerprint density at radius 2 is 1.77 bits per heavy atom. The molecule has 0 saturated heterocycles. The van der Waals surface area contributed by atoms with Crippen molar-refractivity contribution in [2.75, 3.05) is 0 Å². The van der Waals surface area contributed by atoms with Crippen molar-refractivity contribution in [3.63, 3.8) is 0 Å². The van der Waals surface area contributed by atoms with E-state index in [2.05, 4.69) is 23.0 Å². The number of aryl methyl sites for hydroxylation is 1. The van der Waals surface area contributed by atoms with E-state index in [0.717, 1.165) is 47.2 Å². The molecule has 0 fully saturated rings. The van der Waals surface area contributed by atoms with Gasteiger partial charge in [-0.25, -0.2) is 0 Å². The predicted octanol–water partition coefficient (Wildman–Crippen LogP) is 6.19. The smallest absolute Gasteiger partial charge is 0.308 e. The van der Waals surface area contributed by atoms with Crippen LogP contribution in [-0.4, -0.2) is 15.4 Å². The Balaban J connectivity index is 1.78. The number of rotatable bonds is 2. The van der Waals surface area contributed by atoms with Crippen molar-refractivity contribution in [3.8, 4) is 0 Å². The molecule has 2 nitrogen and oxygen atoms in total. The van der Waals surface area contributed by atoms with Gasteiger partial charge in [0.15, 0.2) is 0 Å². The number of halogens is 2. The van der Waals surface area contributed by atoms with E-state index >= 15 is 0 Å². The van der Waals surface area contributed by atoms with Crippen LogP contribution in [0.5, 0.6) is 0 Å². The van der Waals surface area contributed by atoms with Crippen LogP contribution >= 0.6 is 35.4 Å². The first-order valence-electron chi connectivity index (χ1n) is 8.61. The Bertz CT molecular complexity index is 983. The Labute approximate surface area is 168 Å². The van der Waals surface area contributed by atoms with Gasteiger partial charge in [-0.2, -0.15) is 4.79 Å². The first kappa shape index (κ1) is 17.6. The molecule has 0 N–H and O–H groups in total. The number of thiocarbonyl (C=S) groups is 1. The van der Waals surface area contributed by atoms with E-state index in [1.54, 1.807) is 6.07 Å². The second-order valence-electron chi connectivity index (χ2n) is 6.73. The van der Waals surface area contributed by atoms with Gasteiger partial charge >= 0.3 is 5.71 Å². The highest BCUT2D eigenvalue weighted by Crippen LogP contribution is 2.41. The van der Waals surface area contributed by atoms with E-state index in [4.69, 9.17) is 35.4 Å². The average molecular weight is 399 g/mol. The molecule has 26 heavy (non-hydrogen) atoms. The lowest BCUT2D eigenvalue weighted by Gasteiger charge is -2.29. The molecule has 1 atom stereocenters. The average Bonchev–Trinajstić information content (AvgIpc) is 2.65. The summed E-state index contributed by atoms with van der Waals surface area (Å²) < 4.78 is 0. The van der Waals surface area contributed by atoms with Crippen molar-refractivity contribution in [3.05, 3.63) is 80.3 Å². The molecule has 4 rings (SSSR count). The molecule has 2 aromatic carbocycles. The maximum Gasteiger partial charge on any atom is 0.308 e. The molecule has 5 heteroatoms. The number of fused-ring (bicyclic) bond motifs is 2. The highest BCUT2D eigenvalue weighted by molar-refractivity contribution is 7.81. The lowest BCUT2D eigenvalue weighted by molar-refractivity contribution is -0.00809. The molecule has 0 amide bonds. The fourth-order valence-electron chi connectivity index (χ4n) is 4.05. The minimum atomic E-state index is -0.130. The summed E-state index contributed by atoms with van der Waals surface area (Å²) in [6.07, 6.45) is 3.84. The Morgan fingerprint density at radius 1 is 1.04 bits per heavy atom. The van der Waals surface area contributed by atoms with Crippen molar-refractivity contribution in [2.45, 2.75) is 25.7 Å². The molecule has 0 heterocycles. The SMILES string of the molecule is [N-]=[N+]=C1C2=C(CCc3ccccc32)CCC1C(=S)c1cc(Cl)cc(Cl)c1. The molecule has 0 aliphatic heterocycles. The van der Waals surface area contributed by atoms with Gasteiger partial charge in [0, 0.05) is 14.9 Å². The number of hydrogen-bond acceptors (Lipinski definition) is 1. The van der Waals surface area contributed by atoms with Crippen molar-refractivity contribution in [1.82, 2.24) is 0 Å². The lowest BCUT2D eigenvalue weighted by atomic mass is 9.72. The third-order valence-corrected chi connectivity index (χ3v) is 6.19. The lowest BCUT2D eigenvalue weighted by Crippen LogP contribution is -2.31. The molecule has 0 aromatic heterocycles. The Hall–Kier alpha value is -1.77. The molecule has 0 radical (unpaired) electrons. The molecule has 0 bridgehead atoms. The van der Waals surface area contributed by atoms with Gasteiger partial charge in [-0.05, 0) is 60.6 Å². The van der Waals surface area contributed by atoms with E-state index < -0.39 is 0 Å². The van der Waals surface area contributed by atoms with Crippen LogP contribution in [0.4, 0.5) is 0 Å². The van der Waals surface area contributed by atoms with Crippen molar-refractivity contribution >= 4 is 51.6 Å². The Morgan fingerprint density at radius 3 is 2.50 bits per heavy atom. The van der Waals surface area contributed by atoms with Crippen LogP contribution in [0.1, 0.15) is 36.0 Å². The van der Waals surface area contributed by atoms with Crippen molar-refractivity contribution < 1.29 is 4.79 Å². The van der Waals surface area contributed by atoms with Crippen LogP contribution in [0, 0.1) is 5.92 Å². The standard InChI is InChI=1S/C21H16Cl2N2S/c22-15-9-14(10-16(23)11-15)21(26)18-8-7-13-6-5-12-3-1-2-4-17(12)19(13)20(18)25-24/h1-4,9-11,18H,5-8H2. The maximum atomic E-state index is 9.87. The molecule has 1 unspecified atom stereocenters. The van der Waals surface area contributed by atoms with Crippen LogP contribution in [0.3, 0.4) is 0 Å². The highest BCUT2D eigenvalue weighted by Gasteiger charge is 2.39. The van der Waals surface area contributed by atoms with Gasteiger partial charge in [0.1, 0.15) is 0 Å². The van der Waals surface area contributed by atoms with Gasteiger partial charge in [-0.15, -0.1) is 0 Å². The first-order valence-corrected chi connectivity index (χ1v) is 9.78. The zero-order chi connectivity index (χ0) is 18.3. The molecule has 130 valence electrons. The van der Waals surface area contributed by atoms with Crippen LogP contribution in [0.25, 0.3) is 11.1 Å². The quantitative estimate of drug-likeness (QED) is 0.257. The molecule has 2 aliphatic rings. The summed E-state index contributed by atoms with van der Waals surface area (Å²) in [5.74, 6) is -0.130. The maximum absolute atomic E-state index is 9.87. The molecule has 2 aliphatic carbocycles. The molecule has 2 aromatic rings. The van der Waals surface area contributed by atoms with Gasteiger partial charge < -0.3 is 5.53 Å². The van der Waals surface area contributed by atoms with E-state index in [-0.39, 0.29) is 5.92 Å².